The van der Waals surface area contributed by atoms with Gasteiger partial charge in [-0.25, -0.2) is 9.78 Å². The maximum Gasteiger partial charge on any atom is 0.413 e. The second kappa shape index (κ2) is 5.83. The molecular formula is C12H17N3O2S. The molecule has 6 heteroatoms. The molecule has 0 saturated heterocycles. The van der Waals surface area contributed by atoms with E-state index < -0.39 is 11.7 Å². The summed E-state index contributed by atoms with van der Waals surface area (Å²) in [6, 6.07) is 2.09. The highest BCUT2D eigenvalue weighted by Crippen LogP contribution is 2.24. The van der Waals surface area contributed by atoms with E-state index in [4.69, 9.17) is 10.00 Å². The largest absolute Gasteiger partial charge is 0.444 e. The Kier molecular flexibility index (Phi) is 4.68. The van der Waals surface area contributed by atoms with Crippen molar-refractivity contribution in [1.29, 1.82) is 5.26 Å². The average molecular weight is 267 g/mol. The predicted octanol–water partition coefficient (Wildman–Crippen LogP) is 3.25. The van der Waals surface area contributed by atoms with Gasteiger partial charge in [-0.3, -0.25) is 5.32 Å². The normalized spacial score (nSPS) is 10.8. The van der Waals surface area contributed by atoms with Gasteiger partial charge in [0.1, 0.15) is 5.60 Å². The van der Waals surface area contributed by atoms with Crippen LogP contribution in [0.3, 0.4) is 0 Å². The van der Waals surface area contributed by atoms with Crippen molar-refractivity contribution in [2.45, 2.75) is 46.1 Å². The number of aromatic nitrogens is 1. The van der Waals surface area contributed by atoms with E-state index in [1.54, 1.807) is 20.8 Å². The molecule has 0 aliphatic carbocycles. The number of amides is 1. The van der Waals surface area contributed by atoms with Crippen LogP contribution in [-0.4, -0.2) is 16.7 Å². The van der Waals surface area contributed by atoms with E-state index in [0.29, 0.717) is 18.0 Å². The van der Waals surface area contributed by atoms with Crippen molar-refractivity contribution in [2.75, 3.05) is 5.32 Å². The van der Waals surface area contributed by atoms with Crippen LogP contribution in [0.25, 0.3) is 0 Å². The molecule has 0 fully saturated rings. The molecule has 0 aromatic carbocycles. The molecule has 18 heavy (non-hydrogen) atoms. The van der Waals surface area contributed by atoms with Crippen molar-refractivity contribution >= 4 is 22.6 Å². The molecule has 1 amide bonds. The Balaban J connectivity index is 2.63. The monoisotopic (exact) mass is 267 g/mol. The summed E-state index contributed by atoms with van der Waals surface area (Å²) < 4.78 is 5.14. The van der Waals surface area contributed by atoms with E-state index in [9.17, 15) is 4.79 Å². The molecule has 98 valence electrons. The lowest BCUT2D eigenvalue weighted by molar-refractivity contribution is 0.0636. The summed E-state index contributed by atoms with van der Waals surface area (Å²) in [7, 11) is 0. The Morgan fingerprint density at radius 2 is 2.22 bits per heavy atom. The molecule has 1 heterocycles. The minimum atomic E-state index is -0.528. The van der Waals surface area contributed by atoms with E-state index in [1.165, 1.54) is 11.3 Å². The van der Waals surface area contributed by atoms with Crippen LogP contribution in [0.2, 0.25) is 0 Å². The SMILES string of the molecule is Cc1nc(NC(=O)OC(C)(C)C)sc1CCC#N. The molecule has 0 bridgehead atoms. The minimum Gasteiger partial charge on any atom is -0.444 e. The fraction of sp³-hybridized carbons (Fsp3) is 0.583. The molecular weight excluding hydrogens is 250 g/mol. The Labute approximate surface area is 111 Å². The van der Waals surface area contributed by atoms with Crippen molar-refractivity contribution in [1.82, 2.24) is 4.98 Å². The highest BCUT2D eigenvalue weighted by molar-refractivity contribution is 7.15. The number of carbonyl (C=O) groups is 1. The number of hydrogen-bond donors (Lipinski definition) is 1. The number of hydrogen-bond acceptors (Lipinski definition) is 5. The first-order valence-electron chi connectivity index (χ1n) is 5.65. The van der Waals surface area contributed by atoms with Gasteiger partial charge in [-0.1, -0.05) is 0 Å². The number of ether oxygens (including phenoxy) is 1. The second-order valence-electron chi connectivity index (χ2n) is 4.81. The first-order chi connectivity index (χ1) is 8.31. The summed E-state index contributed by atoms with van der Waals surface area (Å²) in [5, 5.41) is 11.7. The van der Waals surface area contributed by atoms with Crippen LogP contribution in [0.5, 0.6) is 0 Å². The maximum atomic E-state index is 11.5. The molecule has 0 aliphatic rings. The summed E-state index contributed by atoms with van der Waals surface area (Å²) in [6.07, 6.45) is 0.605. The average Bonchev–Trinajstić information content (AvgIpc) is 2.52. The number of nitriles is 1. The number of anilines is 1. The molecule has 0 aliphatic heterocycles. The van der Waals surface area contributed by atoms with Gasteiger partial charge in [0.05, 0.1) is 11.8 Å². The van der Waals surface area contributed by atoms with Crippen molar-refractivity contribution in [2.24, 2.45) is 0 Å². The molecule has 1 rings (SSSR count). The van der Waals surface area contributed by atoms with E-state index in [1.807, 2.05) is 6.92 Å². The third-order valence-electron chi connectivity index (χ3n) is 1.96. The Bertz CT molecular complexity index is 469. The zero-order valence-electron chi connectivity index (χ0n) is 11.0. The highest BCUT2D eigenvalue weighted by Gasteiger charge is 2.17. The lowest BCUT2D eigenvalue weighted by Gasteiger charge is -2.18. The topological polar surface area (TPSA) is 75.0 Å². The van der Waals surface area contributed by atoms with E-state index >= 15 is 0 Å². The van der Waals surface area contributed by atoms with Gasteiger partial charge in [0, 0.05) is 11.3 Å². The first-order valence-corrected chi connectivity index (χ1v) is 6.47. The van der Waals surface area contributed by atoms with Gasteiger partial charge < -0.3 is 4.74 Å². The van der Waals surface area contributed by atoms with Gasteiger partial charge in [-0.2, -0.15) is 5.26 Å². The Morgan fingerprint density at radius 1 is 1.56 bits per heavy atom. The number of nitrogens with zero attached hydrogens (tertiary/aromatic N) is 2. The first kappa shape index (κ1) is 14.5. The van der Waals surface area contributed by atoms with Crippen LogP contribution < -0.4 is 5.32 Å². The third kappa shape index (κ3) is 4.72. The van der Waals surface area contributed by atoms with Crippen LogP contribution in [0, 0.1) is 18.3 Å². The molecule has 0 saturated carbocycles. The summed E-state index contributed by atoms with van der Waals surface area (Å²) in [5.41, 5.74) is 0.321. The van der Waals surface area contributed by atoms with Crippen LogP contribution in [0.1, 0.15) is 37.8 Å². The molecule has 1 N–H and O–H groups in total. The molecule has 0 radical (unpaired) electrons. The predicted molar refractivity (Wildman–Crippen MR) is 70.6 cm³/mol. The lowest BCUT2D eigenvalue weighted by atomic mass is 10.2. The molecule has 1 aromatic rings. The molecule has 1 aromatic heterocycles. The molecule has 0 spiro atoms. The van der Waals surface area contributed by atoms with Crippen LogP contribution in [0.4, 0.5) is 9.93 Å². The fourth-order valence-corrected chi connectivity index (χ4v) is 2.22. The number of carbonyl (C=O) groups excluding carboxylic acids is 1. The van der Waals surface area contributed by atoms with Gasteiger partial charge in [0.15, 0.2) is 5.13 Å². The lowest BCUT2D eigenvalue weighted by Crippen LogP contribution is -2.27. The third-order valence-corrected chi connectivity index (χ3v) is 3.10. The zero-order valence-corrected chi connectivity index (χ0v) is 11.8. The van der Waals surface area contributed by atoms with E-state index in [2.05, 4.69) is 16.4 Å². The van der Waals surface area contributed by atoms with Gasteiger partial charge >= 0.3 is 6.09 Å². The summed E-state index contributed by atoms with van der Waals surface area (Å²) in [6.45, 7) is 7.28. The number of nitrogens with one attached hydrogen (secondary N) is 1. The van der Waals surface area contributed by atoms with E-state index in [0.717, 1.165) is 10.6 Å². The molecule has 5 nitrogen and oxygen atoms in total. The number of thiazole rings is 1. The van der Waals surface area contributed by atoms with Gasteiger partial charge in [-0.05, 0) is 34.1 Å². The smallest absolute Gasteiger partial charge is 0.413 e. The minimum absolute atomic E-state index is 0.453. The van der Waals surface area contributed by atoms with Crippen LogP contribution in [0.15, 0.2) is 0 Å². The Hall–Kier alpha value is -1.61. The molecule has 0 unspecified atom stereocenters. The summed E-state index contributed by atoms with van der Waals surface area (Å²) in [5.74, 6) is 0. The van der Waals surface area contributed by atoms with Gasteiger partial charge in [-0.15, -0.1) is 11.3 Å². The van der Waals surface area contributed by atoms with Crippen molar-refractivity contribution in [3.8, 4) is 6.07 Å². The number of aryl methyl sites for hydroxylation is 2. The van der Waals surface area contributed by atoms with Gasteiger partial charge in [0.2, 0.25) is 0 Å². The molecule has 0 atom stereocenters. The van der Waals surface area contributed by atoms with Crippen molar-refractivity contribution in [3.63, 3.8) is 0 Å². The van der Waals surface area contributed by atoms with Gasteiger partial charge in [0.25, 0.3) is 0 Å². The zero-order chi connectivity index (χ0) is 13.8. The van der Waals surface area contributed by atoms with Crippen molar-refractivity contribution in [3.05, 3.63) is 10.6 Å². The Morgan fingerprint density at radius 3 is 2.78 bits per heavy atom. The summed E-state index contributed by atoms with van der Waals surface area (Å²) >= 11 is 1.38. The fourth-order valence-electron chi connectivity index (χ4n) is 1.27. The van der Waals surface area contributed by atoms with Crippen LogP contribution in [-0.2, 0) is 11.2 Å². The van der Waals surface area contributed by atoms with Crippen LogP contribution >= 0.6 is 11.3 Å². The highest BCUT2D eigenvalue weighted by atomic mass is 32.1. The van der Waals surface area contributed by atoms with E-state index in [-0.39, 0.29) is 0 Å². The maximum absolute atomic E-state index is 11.5. The van der Waals surface area contributed by atoms with Crippen molar-refractivity contribution < 1.29 is 9.53 Å². The standard InChI is InChI=1S/C12H17N3O2S/c1-8-9(6-5-7-13)18-10(14-8)15-11(16)17-12(2,3)4/h5-6H2,1-4H3,(H,14,15,16). The quantitative estimate of drug-likeness (QED) is 0.912. The number of rotatable bonds is 3. The summed E-state index contributed by atoms with van der Waals surface area (Å²) in [4.78, 5) is 16.8. The second-order valence-corrected chi connectivity index (χ2v) is 5.90.